The summed E-state index contributed by atoms with van der Waals surface area (Å²) in [7, 11) is 3.19. The van der Waals surface area contributed by atoms with Crippen molar-refractivity contribution in [1.29, 1.82) is 0 Å². The first kappa shape index (κ1) is 19.7. The molecule has 0 amide bonds. The molecule has 1 aromatic heterocycles. The van der Waals surface area contributed by atoms with Crippen LogP contribution < -0.4 is 16.0 Å². The van der Waals surface area contributed by atoms with E-state index in [1.807, 2.05) is 36.4 Å². The van der Waals surface area contributed by atoms with Gasteiger partial charge in [-0.15, -0.1) is 6.58 Å². The summed E-state index contributed by atoms with van der Waals surface area (Å²) in [6.45, 7) is 3.91. The van der Waals surface area contributed by atoms with Crippen LogP contribution in [0.2, 0.25) is 5.02 Å². The number of nitrogens with zero attached hydrogens (tertiary/aromatic N) is 2. The quantitative estimate of drug-likeness (QED) is 0.635. The van der Waals surface area contributed by atoms with Crippen molar-refractivity contribution >= 4 is 17.5 Å². The van der Waals surface area contributed by atoms with Crippen LogP contribution in [0.25, 0.3) is 11.1 Å². The Morgan fingerprint density at radius 3 is 2.68 bits per heavy atom. The van der Waals surface area contributed by atoms with Gasteiger partial charge in [0.25, 0.3) is 5.56 Å². The Morgan fingerprint density at radius 1 is 1.25 bits per heavy atom. The Hall–Kier alpha value is -3.05. The lowest BCUT2D eigenvalue weighted by Gasteiger charge is -2.15. The number of allylic oxidation sites excluding steroid dienone is 1. The molecule has 0 saturated heterocycles. The first-order chi connectivity index (χ1) is 13.4. The van der Waals surface area contributed by atoms with E-state index < -0.39 is 0 Å². The van der Waals surface area contributed by atoms with Gasteiger partial charge in [-0.1, -0.05) is 48.0 Å². The molecule has 144 valence electrons. The molecule has 0 aliphatic rings. The van der Waals surface area contributed by atoms with Gasteiger partial charge in [-0.05, 0) is 35.2 Å². The van der Waals surface area contributed by atoms with E-state index >= 15 is 0 Å². The molecular formula is C22H22ClN3O2. The lowest BCUT2D eigenvalue weighted by molar-refractivity contribution is 0.415. The van der Waals surface area contributed by atoms with Crippen LogP contribution in [0.15, 0.2) is 66.0 Å². The fourth-order valence-corrected chi connectivity index (χ4v) is 3.24. The van der Waals surface area contributed by atoms with E-state index in [0.717, 1.165) is 16.7 Å². The zero-order valence-corrected chi connectivity index (χ0v) is 16.6. The molecule has 1 unspecified atom stereocenters. The maximum Gasteiger partial charge on any atom is 0.254 e. The number of hydrogen-bond acceptors (Lipinski definition) is 4. The number of anilines is 1. The molecule has 1 atom stereocenters. The molecule has 0 fully saturated rings. The number of methoxy groups -OCH3 is 1. The van der Waals surface area contributed by atoms with Crippen LogP contribution in [-0.2, 0) is 13.5 Å². The third-order valence-corrected chi connectivity index (χ3v) is 5.03. The van der Waals surface area contributed by atoms with Crippen LogP contribution in [0.3, 0.4) is 0 Å². The molecule has 0 aliphatic carbocycles. The molecule has 2 aromatic carbocycles. The molecule has 1 heterocycles. The Balaban J connectivity index is 1.91. The second-order valence-electron chi connectivity index (χ2n) is 6.53. The second-order valence-corrected chi connectivity index (χ2v) is 6.94. The fourth-order valence-electron chi connectivity index (χ4n) is 3.05. The molecule has 28 heavy (non-hydrogen) atoms. The van der Waals surface area contributed by atoms with E-state index in [4.69, 9.17) is 22.1 Å². The van der Waals surface area contributed by atoms with Crippen LogP contribution in [-0.4, -0.2) is 16.7 Å². The minimum Gasteiger partial charge on any atom is -0.495 e. The van der Waals surface area contributed by atoms with E-state index in [-0.39, 0.29) is 17.4 Å². The first-order valence-corrected chi connectivity index (χ1v) is 9.19. The minimum absolute atomic E-state index is 0.119. The molecule has 0 bridgehead atoms. The predicted octanol–water partition coefficient (Wildman–Crippen LogP) is 4.20. The molecule has 6 heteroatoms. The van der Waals surface area contributed by atoms with Crippen molar-refractivity contribution in [3.05, 3.63) is 87.8 Å². The highest BCUT2D eigenvalue weighted by Crippen LogP contribution is 2.31. The Morgan fingerprint density at radius 2 is 2.00 bits per heavy atom. The monoisotopic (exact) mass is 395 g/mol. The highest BCUT2D eigenvalue weighted by Gasteiger charge is 2.14. The Kier molecular flexibility index (Phi) is 5.85. The summed E-state index contributed by atoms with van der Waals surface area (Å²) < 4.78 is 6.63. The molecule has 0 radical (unpaired) electrons. The summed E-state index contributed by atoms with van der Waals surface area (Å²) in [6, 6.07) is 15.4. The molecule has 3 rings (SSSR count). The molecule has 0 spiro atoms. The van der Waals surface area contributed by atoms with Gasteiger partial charge in [0.05, 0.1) is 17.8 Å². The number of benzene rings is 2. The minimum atomic E-state index is -0.184. The third kappa shape index (κ3) is 4.10. The smallest absolute Gasteiger partial charge is 0.254 e. The van der Waals surface area contributed by atoms with Gasteiger partial charge >= 0.3 is 0 Å². The van der Waals surface area contributed by atoms with E-state index in [2.05, 4.69) is 17.6 Å². The van der Waals surface area contributed by atoms with E-state index in [1.54, 1.807) is 20.2 Å². The molecule has 2 N–H and O–H groups in total. The second kappa shape index (κ2) is 8.31. The maximum absolute atomic E-state index is 12.0. The van der Waals surface area contributed by atoms with E-state index in [9.17, 15) is 4.79 Å². The summed E-state index contributed by atoms with van der Waals surface area (Å²) >= 11 is 6.13. The van der Waals surface area contributed by atoms with Gasteiger partial charge in [0, 0.05) is 19.0 Å². The zero-order chi connectivity index (χ0) is 20.3. The van der Waals surface area contributed by atoms with Gasteiger partial charge in [0.2, 0.25) is 5.95 Å². The van der Waals surface area contributed by atoms with Crippen molar-refractivity contribution < 1.29 is 4.74 Å². The van der Waals surface area contributed by atoms with Crippen LogP contribution >= 0.6 is 11.6 Å². The van der Waals surface area contributed by atoms with Crippen LogP contribution in [0.1, 0.15) is 17.2 Å². The number of nitrogen functional groups attached to an aromatic ring is 1. The van der Waals surface area contributed by atoms with Gasteiger partial charge in [-0.25, -0.2) is 4.98 Å². The molecule has 5 nitrogen and oxygen atoms in total. The topological polar surface area (TPSA) is 70.1 Å². The summed E-state index contributed by atoms with van der Waals surface area (Å²) in [5.41, 5.74) is 9.43. The van der Waals surface area contributed by atoms with Gasteiger partial charge in [-0.3, -0.25) is 9.36 Å². The molecular weight excluding hydrogens is 374 g/mol. The van der Waals surface area contributed by atoms with Gasteiger partial charge in [0.15, 0.2) is 0 Å². The average molecular weight is 396 g/mol. The van der Waals surface area contributed by atoms with Crippen molar-refractivity contribution in [1.82, 2.24) is 9.55 Å². The highest BCUT2D eigenvalue weighted by molar-refractivity contribution is 6.32. The summed E-state index contributed by atoms with van der Waals surface area (Å²) in [5.74, 6) is 0.705. The van der Waals surface area contributed by atoms with Gasteiger partial charge in [-0.2, -0.15) is 0 Å². The van der Waals surface area contributed by atoms with Crippen molar-refractivity contribution in [2.24, 2.45) is 7.05 Å². The SMILES string of the molecule is C=CC(Cc1cccc(-c2ccc(Cl)c(OC)c2)c1)c1cc(=O)n(C)c(N)n1. The maximum atomic E-state index is 12.0. The number of ether oxygens (including phenoxy) is 1. The summed E-state index contributed by atoms with van der Waals surface area (Å²) in [4.78, 5) is 16.4. The van der Waals surface area contributed by atoms with Crippen molar-refractivity contribution in [2.75, 3.05) is 12.8 Å². The number of nitrogens with two attached hydrogens (primary N) is 1. The van der Waals surface area contributed by atoms with E-state index in [1.165, 1.54) is 10.6 Å². The third-order valence-electron chi connectivity index (χ3n) is 4.72. The predicted molar refractivity (Wildman–Crippen MR) is 114 cm³/mol. The van der Waals surface area contributed by atoms with Gasteiger partial charge in [0.1, 0.15) is 5.75 Å². The van der Waals surface area contributed by atoms with Crippen LogP contribution in [0.4, 0.5) is 5.95 Å². The van der Waals surface area contributed by atoms with Crippen LogP contribution in [0.5, 0.6) is 5.75 Å². The summed E-state index contributed by atoms with van der Waals surface area (Å²) in [6.07, 6.45) is 2.45. The number of halogens is 1. The lowest BCUT2D eigenvalue weighted by atomic mass is 9.93. The molecule has 0 aliphatic heterocycles. The van der Waals surface area contributed by atoms with Crippen LogP contribution in [0, 0.1) is 0 Å². The summed E-state index contributed by atoms with van der Waals surface area (Å²) in [5, 5.41) is 0.573. The standard InChI is InChI=1S/C22H22ClN3O2/c1-4-15(19-13-21(27)26(2)22(24)25-19)10-14-6-5-7-16(11-14)17-8-9-18(23)20(12-17)28-3/h4-9,11-13,15H,1,10H2,2-3H3,(H2,24,25). The van der Waals surface area contributed by atoms with Crippen molar-refractivity contribution in [2.45, 2.75) is 12.3 Å². The average Bonchev–Trinajstić information content (AvgIpc) is 2.70. The van der Waals surface area contributed by atoms with E-state index in [0.29, 0.717) is 22.9 Å². The fraction of sp³-hybridized carbons (Fsp3) is 0.182. The highest BCUT2D eigenvalue weighted by atomic mass is 35.5. The van der Waals surface area contributed by atoms with Crippen molar-refractivity contribution in [3.63, 3.8) is 0 Å². The van der Waals surface area contributed by atoms with Crippen molar-refractivity contribution in [3.8, 4) is 16.9 Å². The lowest BCUT2D eigenvalue weighted by Crippen LogP contribution is -2.22. The Labute approximate surface area is 169 Å². The molecule has 0 saturated carbocycles. The number of hydrogen-bond donors (Lipinski definition) is 1. The Bertz CT molecular complexity index is 1080. The zero-order valence-electron chi connectivity index (χ0n) is 15.9. The number of aromatic nitrogens is 2. The number of rotatable bonds is 6. The first-order valence-electron chi connectivity index (χ1n) is 8.81. The van der Waals surface area contributed by atoms with Gasteiger partial charge < -0.3 is 10.5 Å². The normalized spacial score (nSPS) is 11.8. The largest absolute Gasteiger partial charge is 0.495 e. The molecule has 3 aromatic rings.